The van der Waals surface area contributed by atoms with Crippen molar-refractivity contribution in [3.05, 3.63) is 69.1 Å². The highest BCUT2D eigenvalue weighted by atomic mass is 35.5. The molecule has 0 N–H and O–H groups in total. The molecule has 3 aromatic heterocycles. The molecule has 0 saturated carbocycles. The number of ketones is 1. The Labute approximate surface area is 189 Å². The first-order valence-electron chi connectivity index (χ1n) is 9.60. The molecule has 154 valence electrons. The highest BCUT2D eigenvalue weighted by molar-refractivity contribution is 8.00. The van der Waals surface area contributed by atoms with E-state index >= 15 is 0 Å². The number of benzene rings is 1. The quantitative estimate of drug-likeness (QED) is 0.191. The fourth-order valence-corrected chi connectivity index (χ4v) is 4.95. The molecule has 0 radical (unpaired) electrons. The number of Topliss-reactive ketones (excluding diaryl/α,β-unsaturated/α-hetero) is 1. The topological polar surface area (TPSA) is 47.3 Å². The zero-order chi connectivity index (χ0) is 21.5. The Morgan fingerprint density at radius 2 is 1.93 bits per heavy atom. The van der Waals surface area contributed by atoms with Crippen LogP contribution in [-0.4, -0.2) is 26.1 Å². The van der Waals surface area contributed by atoms with Gasteiger partial charge in [0.15, 0.2) is 11.4 Å². The number of hydrogen-bond donors (Lipinski definition) is 0. The van der Waals surface area contributed by atoms with Crippen LogP contribution in [0.1, 0.15) is 41.8 Å². The molecule has 4 aromatic rings. The summed E-state index contributed by atoms with van der Waals surface area (Å²) >= 11 is 9.06. The summed E-state index contributed by atoms with van der Waals surface area (Å²) in [4.78, 5) is 18.3. The van der Waals surface area contributed by atoms with Gasteiger partial charge in [-0.2, -0.15) is 5.10 Å². The predicted molar refractivity (Wildman–Crippen MR) is 126 cm³/mol. The Bertz CT molecular complexity index is 1210. The Kier molecular flexibility index (Phi) is 5.75. The Balaban J connectivity index is 1.82. The molecule has 0 bridgehead atoms. The van der Waals surface area contributed by atoms with Gasteiger partial charge in [0.2, 0.25) is 0 Å². The molecule has 3 heterocycles. The van der Waals surface area contributed by atoms with Gasteiger partial charge in [-0.15, -0.1) is 11.3 Å². The summed E-state index contributed by atoms with van der Waals surface area (Å²) in [7, 11) is 0. The first-order chi connectivity index (χ1) is 14.2. The largest absolute Gasteiger partial charge is 0.292 e. The SMILES string of the molecule is Cc1nn2c(SCC(=O)c3cccs3)cc(C(C)(C)C)nc2c1-c1ccc(Cl)cc1. The lowest BCUT2D eigenvalue weighted by Gasteiger charge is -2.19. The average Bonchev–Trinajstić information content (AvgIpc) is 3.33. The number of rotatable bonds is 5. The number of thioether (sulfide) groups is 1. The summed E-state index contributed by atoms with van der Waals surface area (Å²) in [5.41, 5.74) is 4.54. The monoisotopic (exact) mass is 455 g/mol. The van der Waals surface area contributed by atoms with Gasteiger partial charge in [-0.3, -0.25) is 4.79 Å². The molecule has 0 saturated heterocycles. The van der Waals surface area contributed by atoms with Crippen LogP contribution in [0.2, 0.25) is 5.02 Å². The molecule has 0 aliphatic heterocycles. The molecule has 4 rings (SSSR count). The van der Waals surface area contributed by atoms with E-state index in [1.165, 1.54) is 23.1 Å². The van der Waals surface area contributed by atoms with Crippen molar-refractivity contribution in [2.75, 3.05) is 5.75 Å². The zero-order valence-corrected chi connectivity index (χ0v) is 19.7. The van der Waals surface area contributed by atoms with Crippen LogP contribution in [0, 0.1) is 6.92 Å². The van der Waals surface area contributed by atoms with Gasteiger partial charge in [-0.1, -0.05) is 62.3 Å². The van der Waals surface area contributed by atoms with E-state index in [4.69, 9.17) is 21.7 Å². The maximum atomic E-state index is 12.6. The second-order valence-electron chi connectivity index (χ2n) is 8.12. The van der Waals surface area contributed by atoms with E-state index in [9.17, 15) is 4.79 Å². The van der Waals surface area contributed by atoms with Crippen LogP contribution in [0.25, 0.3) is 16.8 Å². The van der Waals surface area contributed by atoms with Gasteiger partial charge in [0.25, 0.3) is 0 Å². The number of thiophene rings is 1. The van der Waals surface area contributed by atoms with Crippen LogP contribution in [0.15, 0.2) is 52.9 Å². The lowest BCUT2D eigenvalue weighted by molar-refractivity contribution is 0.102. The van der Waals surface area contributed by atoms with E-state index in [-0.39, 0.29) is 11.2 Å². The fourth-order valence-electron chi connectivity index (χ4n) is 3.19. The smallest absolute Gasteiger partial charge is 0.183 e. The molecular formula is C23H22ClN3OS2. The number of carbonyl (C=O) groups is 1. The van der Waals surface area contributed by atoms with Crippen molar-refractivity contribution in [1.82, 2.24) is 14.6 Å². The van der Waals surface area contributed by atoms with E-state index in [0.29, 0.717) is 10.8 Å². The zero-order valence-electron chi connectivity index (χ0n) is 17.3. The molecule has 0 spiro atoms. The van der Waals surface area contributed by atoms with E-state index < -0.39 is 0 Å². The normalized spacial score (nSPS) is 11.9. The molecule has 0 atom stereocenters. The Hall–Kier alpha value is -2.15. The molecule has 4 nitrogen and oxygen atoms in total. The lowest BCUT2D eigenvalue weighted by Crippen LogP contribution is -2.15. The molecule has 0 unspecified atom stereocenters. The van der Waals surface area contributed by atoms with Gasteiger partial charge in [0, 0.05) is 16.0 Å². The average molecular weight is 456 g/mol. The van der Waals surface area contributed by atoms with Gasteiger partial charge < -0.3 is 0 Å². The van der Waals surface area contributed by atoms with Crippen LogP contribution in [-0.2, 0) is 5.41 Å². The maximum absolute atomic E-state index is 12.6. The Morgan fingerprint density at radius 1 is 1.20 bits per heavy atom. The van der Waals surface area contributed by atoms with E-state index in [1.54, 1.807) is 0 Å². The summed E-state index contributed by atoms with van der Waals surface area (Å²) < 4.78 is 1.86. The van der Waals surface area contributed by atoms with Crippen LogP contribution >= 0.6 is 34.7 Å². The second kappa shape index (κ2) is 8.17. The standard InChI is InChI=1S/C23H22ClN3OS2/c1-14-21(15-7-9-16(24)10-8-15)22-25-19(23(2,3)4)12-20(27(22)26-14)30-13-17(28)18-6-5-11-29-18/h5-12H,13H2,1-4H3. The van der Waals surface area contributed by atoms with Gasteiger partial charge in [-0.05, 0) is 42.1 Å². The summed E-state index contributed by atoms with van der Waals surface area (Å²) in [5, 5.41) is 8.30. The minimum Gasteiger partial charge on any atom is -0.292 e. The van der Waals surface area contributed by atoms with Gasteiger partial charge in [0.05, 0.1) is 22.0 Å². The molecule has 0 aliphatic rings. The number of fused-ring (bicyclic) bond motifs is 1. The Morgan fingerprint density at radius 3 is 2.57 bits per heavy atom. The van der Waals surface area contributed by atoms with E-state index in [1.807, 2.05) is 53.2 Å². The van der Waals surface area contributed by atoms with Gasteiger partial charge in [-0.25, -0.2) is 9.50 Å². The highest BCUT2D eigenvalue weighted by Gasteiger charge is 2.23. The van der Waals surface area contributed by atoms with E-state index in [0.717, 1.165) is 38.1 Å². The third kappa shape index (κ3) is 4.17. The van der Waals surface area contributed by atoms with Crippen molar-refractivity contribution in [1.29, 1.82) is 0 Å². The molecule has 7 heteroatoms. The summed E-state index contributed by atoms with van der Waals surface area (Å²) in [6, 6.07) is 13.6. The van der Waals surface area contributed by atoms with Crippen molar-refractivity contribution in [3.8, 4) is 11.1 Å². The number of halogens is 1. The lowest BCUT2D eigenvalue weighted by atomic mass is 9.92. The number of aromatic nitrogens is 3. The molecule has 0 amide bonds. The van der Waals surface area contributed by atoms with Crippen molar-refractivity contribution in [3.63, 3.8) is 0 Å². The summed E-state index contributed by atoms with van der Waals surface area (Å²) in [6.07, 6.45) is 0. The van der Waals surface area contributed by atoms with Gasteiger partial charge in [0.1, 0.15) is 5.03 Å². The summed E-state index contributed by atoms with van der Waals surface area (Å²) in [5.74, 6) is 0.484. The number of aryl methyl sites for hydroxylation is 1. The molecular weight excluding hydrogens is 434 g/mol. The summed E-state index contributed by atoms with van der Waals surface area (Å²) in [6.45, 7) is 8.41. The molecule has 30 heavy (non-hydrogen) atoms. The van der Waals surface area contributed by atoms with Crippen LogP contribution in [0.3, 0.4) is 0 Å². The number of carbonyl (C=O) groups excluding carboxylic acids is 1. The third-order valence-corrected chi connectivity index (χ3v) is 6.94. The van der Waals surface area contributed by atoms with Crippen LogP contribution < -0.4 is 0 Å². The fraction of sp³-hybridized carbons (Fsp3) is 0.261. The van der Waals surface area contributed by atoms with Gasteiger partial charge >= 0.3 is 0 Å². The maximum Gasteiger partial charge on any atom is 0.183 e. The van der Waals surface area contributed by atoms with Crippen molar-refractivity contribution < 1.29 is 4.79 Å². The number of hydrogen-bond acceptors (Lipinski definition) is 5. The van der Waals surface area contributed by atoms with Crippen LogP contribution in [0.5, 0.6) is 0 Å². The highest BCUT2D eigenvalue weighted by Crippen LogP contribution is 2.34. The first-order valence-corrected chi connectivity index (χ1v) is 11.8. The second-order valence-corrected chi connectivity index (χ2v) is 10.5. The van der Waals surface area contributed by atoms with Crippen molar-refractivity contribution >= 4 is 46.1 Å². The minimum atomic E-state index is -0.135. The third-order valence-electron chi connectivity index (χ3n) is 4.78. The molecule has 0 fully saturated rings. The minimum absolute atomic E-state index is 0.124. The molecule has 1 aromatic carbocycles. The first kappa shape index (κ1) is 21.1. The number of nitrogens with zero attached hydrogens (tertiary/aromatic N) is 3. The van der Waals surface area contributed by atoms with Crippen molar-refractivity contribution in [2.45, 2.75) is 38.1 Å². The molecule has 0 aliphatic carbocycles. The van der Waals surface area contributed by atoms with E-state index in [2.05, 4.69) is 26.8 Å². The van der Waals surface area contributed by atoms with Crippen LogP contribution in [0.4, 0.5) is 0 Å². The van der Waals surface area contributed by atoms with Crippen molar-refractivity contribution in [2.24, 2.45) is 0 Å². The predicted octanol–water partition coefficient (Wildman–Crippen LogP) is 6.69.